The lowest BCUT2D eigenvalue weighted by Gasteiger charge is -2.22. The molecule has 1 atom stereocenters. The normalized spacial score (nSPS) is 12.4. The zero-order valence-corrected chi connectivity index (χ0v) is 15.6. The molecule has 0 bridgehead atoms. The maximum absolute atomic E-state index is 12.2. The van der Waals surface area contributed by atoms with Crippen molar-refractivity contribution in [2.75, 3.05) is 5.32 Å². The van der Waals surface area contributed by atoms with Gasteiger partial charge in [0.15, 0.2) is 0 Å². The first kappa shape index (κ1) is 19.4. The maximum atomic E-state index is 12.2. The SMILES string of the molecule is CC[C@H](NC(=O)OC(C)(C)C)C(=O)Nc1cc(Br)sc1C(=O)O. The van der Waals surface area contributed by atoms with E-state index in [4.69, 9.17) is 9.84 Å². The molecule has 9 heteroatoms. The molecule has 0 saturated heterocycles. The van der Waals surface area contributed by atoms with E-state index in [0.717, 1.165) is 11.3 Å². The molecule has 3 N–H and O–H groups in total. The van der Waals surface area contributed by atoms with Crippen LogP contribution < -0.4 is 10.6 Å². The van der Waals surface area contributed by atoms with Crippen molar-refractivity contribution >= 4 is 50.9 Å². The Hall–Kier alpha value is -1.61. The van der Waals surface area contributed by atoms with E-state index in [-0.39, 0.29) is 10.6 Å². The van der Waals surface area contributed by atoms with Gasteiger partial charge in [0.25, 0.3) is 0 Å². The summed E-state index contributed by atoms with van der Waals surface area (Å²) in [5, 5.41) is 14.1. The number of hydrogen-bond donors (Lipinski definition) is 3. The number of nitrogens with one attached hydrogen (secondary N) is 2. The molecule has 0 aliphatic rings. The summed E-state index contributed by atoms with van der Waals surface area (Å²) < 4.78 is 5.69. The molecule has 0 aliphatic heterocycles. The van der Waals surface area contributed by atoms with Crippen LogP contribution in [0.4, 0.5) is 10.5 Å². The largest absolute Gasteiger partial charge is 0.477 e. The van der Waals surface area contributed by atoms with Crippen LogP contribution >= 0.6 is 27.3 Å². The molecule has 0 radical (unpaired) electrons. The molecule has 128 valence electrons. The summed E-state index contributed by atoms with van der Waals surface area (Å²) in [5.41, 5.74) is -0.489. The highest BCUT2D eigenvalue weighted by Gasteiger charge is 2.25. The lowest BCUT2D eigenvalue weighted by atomic mass is 10.2. The predicted molar refractivity (Wildman–Crippen MR) is 91.1 cm³/mol. The lowest BCUT2D eigenvalue weighted by molar-refractivity contribution is -0.118. The van der Waals surface area contributed by atoms with E-state index in [1.165, 1.54) is 6.07 Å². The maximum Gasteiger partial charge on any atom is 0.408 e. The van der Waals surface area contributed by atoms with Crippen molar-refractivity contribution in [3.8, 4) is 0 Å². The number of hydrogen-bond acceptors (Lipinski definition) is 5. The molecule has 0 aliphatic carbocycles. The van der Waals surface area contributed by atoms with E-state index in [1.54, 1.807) is 27.7 Å². The van der Waals surface area contributed by atoms with Gasteiger partial charge in [-0.25, -0.2) is 9.59 Å². The van der Waals surface area contributed by atoms with Crippen molar-refractivity contribution in [2.45, 2.75) is 45.8 Å². The van der Waals surface area contributed by atoms with Crippen LogP contribution in [0.25, 0.3) is 0 Å². The topological polar surface area (TPSA) is 105 Å². The van der Waals surface area contributed by atoms with Gasteiger partial charge in [-0.1, -0.05) is 6.92 Å². The first-order valence-electron chi connectivity index (χ1n) is 6.86. The minimum Gasteiger partial charge on any atom is -0.477 e. The average Bonchev–Trinajstić information content (AvgIpc) is 2.74. The average molecular weight is 407 g/mol. The number of rotatable bonds is 5. The second-order valence-electron chi connectivity index (χ2n) is 5.69. The number of carboxylic acids is 1. The van der Waals surface area contributed by atoms with Crippen molar-refractivity contribution in [1.82, 2.24) is 5.32 Å². The second kappa shape index (κ2) is 7.78. The predicted octanol–water partition coefficient (Wildman–Crippen LogP) is 3.45. The number of ether oxygens (including phenoxy) is 1. The Kier molecular flexibility index (Phi) is 6.57. The highest BCUT2D eigenvalue weighted by Crippen LogP contribution is 2.31. The first-order chi connectivity index (χ1) is 10.5. The fourth-order valence-corrected chi connectivity index (χ4v) is 3.03. The number of carboxylic acid groups (broad SMARTS) is 1. The molecule has 0 fully saturated rings. The monoisotopic (exact) mass is 406 g/mol. The van der Waals surface area contributed by atoms with Crippen molar-refractivity contribution < 1.29 is 24.2 Å². The van der Waals surface area contributed by atoms with Gasteiger partial charge in [-0.2, -0.15) is 0 Å². The van der Waals surface area contributed by atoms with Crippen LogP contribution in [-0.2, 0) is 9.53 Å². The molecule has 23 heavy (non-hydrogen) atoms. The highest BCUT2D eigenvalue weighted by atomic mass is 79.9. The third-order valence-corrected chi connectivity index (χ3v) is 4.20. The third-order valence-electron chi connectivity index (χ3n) is 2.57. The minimum atomic E-state index is -1.14. The highest BCUT2D eigenvalue weighted by molar-refractivity contribution is 9.11. The minimum absolute atomic E-state index is 0.0114. The van der Waals surface area contributed by atoms with Crippen LogP contribution in [-0.4, -0.2) is 34.7 Å². The summed E-state index contributed by atoms with van der Waals surface area (Å²) >= 11 is 4.18. The molecule has 1 heterocycles. The first-order valence-corrected chi connectivity index (χ1v) is 8.47. The zero-order chi connectivity index (χ0) is 17.8. The Balaban J connectivity index is 2.78. The van der Waals surface area contributed by atoms with Crippen LogP contribution in [0.5, 0.6) is 0 Å². The molecular formula is C14H19BrN2O5S. The molecule has 0 aromatic carbocycles. The van der Waals surface area contributed by atoms with Crippen molar-refractivity contribution in [3.63, 3.8) is 0 Å². The third kappa shape index (κ3) is 6.19. The van der Waals surface area contributed by atoms with Crippen LogP contribution in [0.15, 0.2) is 9.85 Å². The molecule has 7 nitrogen and oxygen atoms in total. The summed E-state index contributed by atoms with van der Waals surface area (Å²) in [7, 11) is 0. The summed E-state index contributed by atoms with van der Waals surface area (Å²) in [5.74, 6) is -1.64. The molecule has 0 saturated carbocycles. The summed E-state index contributed by atoms with van der Waals surface area (Å²) in [6.07, 6.45) is -0.372. The van der Waals surface area contributed by atoms with E-state index < -0.39 is 29.6 Å². The molecule has 1 aromatic rings. The van der Waals surface area contributed by atoms with Gasteiger partial charge >= 0.3 is 12.1 Å². The van der Waals surface area contributed by atoms with Gasteiger partial charge in [0.1, 0.15) is 16.5 Å². The zero-order valence-electron chi connectivity index (χ0n) is 13.2. The van der Waals surface area contributed by atoms with Crippen molar-refractivity contribution in [3.05, 3.63) is 14.7 Å². The van der Waals surface area contributed by atoms with Gasteiger partial charge in [-0.3, -0.25) is 4.79 Å². The molecule has 1 rings (SSSR count). The number of amides is 2. The number of aromatic carboxylic acids is 1. The van der Waals surface area contributed by atoms with Crippen molar-refractivity contribution in [1.29, 1.82) is 0 Å². The number of halogens is 1. The van der Waals surface area contributed by atoms with Gasteiger partial charge < -0.3 is 20.5 Å². The van der Waals surface area contributed by atoms with Crippen LogP contribution in [0.1, 0.15) is 43.8 Å². The Labute approximate surface area is 146 Å². The number of alkyl carbamates (subject to hydrolysis) is 1. The van der Waals surface area contributed by atoms with Gasteiger partial charge in [0, 0.05) is 0 Å². The molecule has 1 aromatic heterocycles. The fourth-order valence-electron chi connectivity index (χ4n) is 1.64. The molecule has 0 unspecified atom stereocenters. The van der Waals surface area contributed by atoms with E-state index >= 15 is 0 Å². The standard InChI is InChI=1S/C14H19BrN2O5S/c1-5-7(17-13(21)22-14(2,3)4)11(18)16-8-6-9(15)23-10(8)12(19)20/h6-7H,5H2,1-4H3,(H,16,18)(H,17,21)(H,19,20)/t7-/m0/s1. The van der Waals surface area contributed by atoms with E-state index in [2.05, 4.69) is 26.6 Å². The second-order valence-corrected chi connectivity index (χ2v) is 8.13. The van der Waals surface area contributed by atoms with Crippen LogP contribution in [0.3, 0.4) is 0 Å². The van der Waals surface area contributed by atoms with E-state index in [1.807, 2.05) is 0 Å². The number of carbonyl (C=O) groups is 3. The smallest absolute Gasteiger partial charge is 0.408 e. The summed E-state index contributed by atoms with van der Waals surface area (Å²) in [6, 6.07) is 0.678. The lowest BCUT2D eigenvalue weighted by Crippen LogP contribution is -2.45. The van der Waals surface area contributed by atoms with E-state index in [0.29, 0.717) is 10.2 Å². The Morgan fingerprint density at radius 1 is 1.39 bits per heavy atom. The number of anilines is 1. The van der Waals surface area contributed by atoms with Gasteiger partial charge in [-0.15, -0.1) is 11.3 Å². The Morgan fingerprint density at radius 2 is 2.00 bits per heavy atom. The van der Waals surface area contributed by atoms with Crippen LogP contribution in [0.2, 0.25) is 0 Å². The Bertz CT molecular complexity index is 609. The van der Waals surface area contributed by atoms with Gasteiger partial charge in [-0.05, 0) is 49.2 Å². The number of thiophene rings is 1. The summed E-state index contributed by atoms with van der Waals surface area (Å²) in [4.78, 5) is 35.1. The fraction of sp³-hybridized carbons (Fsp3) is 0.500. The molecule has 2 amide bonds. The quantitative estimate of drug-likeness (QED) is 0.694. The summed E-state index contributed by atoms with van der Waals surface area (Å²) in [6.45, 7) is 6.88. The number of carbonyl (C=O) groups excluding carboxylic acids is 2. The van der Waals surface area contributed by atoms with Gasteiger partial charge in [0.2, 0.25) is 5.91 Å². The van der Waals surface area contributed by atoms with Crippen molar-refractivity contribution in [2.24, 2.45) is 0 Å². The molecule has 0 spiro atoms. The molecular weight excluding hydrogens is 388 g/mol. The van der Waals surface area contributed by atoms with Crippen LogP contribution in [0, 0.1) is 0 Å². The van der Waals surface area contributed by atoms with E-state index in [9.17, 15) is 14.4 Å². The van der Waals surface area contributed by atoms with Gasteiger partial charge in [0.05, 0.1) is 9.47 Å². The Morgan fingerprint density at radius 3 is 2.48 bits per heavy atom.